The Bertz CT molecular complexity index is 1500. The van der Waals surface area contributed by atoms with E-state index in [2.05, 4.69) is 10.5 Å². The van der Waals surface area contributed by atoms with Gasteiger partial charge in [0.25, 0.3) is 0 Å². The van der Waals surface area contributed by atoms with Gasteiger partial charge in [-0.05, 0) is 35.9 Å². The molecule has 162 valence electrons. The van der Waals surface area contributed by atoms with Crippen LogP contribution >= 0.6 is 22.9 Å². The van der Waals surface area contributed by atoms with Crippen LogP contribution in [-0.2, 0) is 0 Å². The van der Waals surface area contributed by atoms with Gasteiger partial charge in [-0.15, -0.1) is 11.3 Å². The molecule has 0 saturated heterocycles. The zero-order valence-corrected chi connectivity index (χ0v) is 18.5. The fraction of sp³-hybridized carbons (Fsp3) is 0. The Morgan fingerprint density at radius 1 is 1.00 bits per heavy atom. The van der Waals surface area contributed by atoms with Gasteiger partial charge in [0.2, 0.25) is 0 Å². The van der Waals surface area contributed by atoms with Crippen LogP contribution in [-0.4, -0.2) is 18.1 Å². The van der Waals surface area contributed by atoms with Crippen molar-refractivity contribution in [2.75, 3.05) is 0 Å². The normalized spacial score (nSPS) is 11.3. The van der Waals surface area contributed by atoms with Gasteiger partial charge in [0.1, 0.15) is 16.2 Å². The summed E-state index contributed by atoms with van der Waals surface area (Å²) >= 11 is 7.65. The smallest absolute Gasteiger partial charge is 0.355 e. The molecule has 6 nitrogen and oxygen atoms in total. The Kier molecular flexibility index (Phi) is 5.64. The third-order valence-electron chi connectivity index (χ3n) is 4.82. The van der Waals surface area contributed by atoms with Gasteiger partial charge in [-0.25, -0.2) is 10.2 Å². The summed E-state index contributed by atoms with van der Waals surface area (Å²) in [5.74, 6) is -0.504. The van der Waals surface area contributed by atoms with E-state index in [0.717, 1.165) is 15.5 Å². The van der Waals surface area contributed by atoms with Crippen LogP contribution in [0.25, 0.3) is 21.1 Å². The quantitative estimate of drug-likeness (QED) is 0.140. The molecule has 5 aromatic rings. The number of amides is 1. The number of furan rings is 1. The lowest BCUT2D eigenvalue weighted by atomic mass is 10.2. The first-order chi connectivity index (χ1) is 16.1. The highest BCUT2D eigenvalue weighted by Crippen LogP contribution is 2.35. The van der Waals surface area contributed by atoms with Crippen LogP contribution in [0.1, 0.15) is 25.8 Å². The molecule has 0 unspecified atom stereocenters. The van der Waals surface area contributed by atoms with Gasteiger partial charge >= 0.3 is 11.9 Å². The fourth-order valence-corrected chi connectivity index (χ4v) is 4.66. The predicted molar refractivity (Wildman–Crippen MR) is 130 cm³/mol. The molecule has 0 atom stereocenters. The minimum atomic E-state index is -0.534. The fourth-order valence-electron chi connectivity index (χ4n) is 3.27. The lowest BCUT2D eigenvalue weighted by Gasteiger charge is -2.04. The summed E-state index contributed by atoms with van der Waals surface area (Å²) < 4.78 is 11.9. The number of hydrazone groups is 1. The third kappa shape index (κ3) is 4.37. The molecular weight excluding hydrogens is 460 g/mol. The molecule has 0 saturated carbocycles. The molecule has 0 spiro atoms. The van der Waals surface area contributed by atoms with Crippen molar-refractivity contribution in [1.82, 2.24) is 5.43 Å². The number of para-hydroxylation sites is 1. The van der Waals surface area contributed by atoms with Crippen molar-refractivity contribution in [3.05, 3.63) is 100 Å². The number of esters is 1. The summed E-state index contributed by atoms with van der Waals surface area (Å²) in [5, 5.41) is 6.00. The average Bonchev–Trinajstić information content (AvgIpc) is 3.41. The van der Waals surface area contributed by atoms with Crippen LogP contribution in [0.15, 0.2) is 88.4 Å². The van der Waals surface area contributed by atoms with Crippen LogP contribution in [0.2, 0.25) is 5.02 Å². The largest absolute Gasteiger partial charge is 0.451 e. The summed E-state index contributed by atoms with van der Waals surface area (Å²) in [5.41, 5.74) is 3.69. The zero-order valence-electron chi connectivity index (χ0n) is 16.9. The molecular formula is C25H15ClN2O4S. The van der Waals surface area contributed by atoms with E-state index >= 15 is 0 Å². The number of thiophene rings is 1. The summed E-state index contributed by atoms with van der Waals surface area (Å²) in [6, 6.07) is 23.3. The molecule has 0 bridgehead atoms. The summed E-state index contributed by atoms with van der Waals surface area (Å²) in [6.07, 6.45) is 1.45. The van der Waals surface area contributed by atoms with Crippen LogP contribution in [0.5, 0.6) is 5.75 Å². The Balaban J connectivity index is 1.26. The number of ether oxygens (including phenoxy) is 1. The highest BCUT2D eigenvalue weighted by Gasteiger charge is 2.19. The predicted octanol–water partition coefficient (Wildman–Crippen LogP) is 6.28. The first kappa shape index (κ1) is 20.9. The first-order valence-electron chi connectivity index (χ1n) is 9.90. The van der Waals surface area contributed by atoms with E-state index in [1.165, 1.54) is 17.6 Å². The van der Waals surface area contributed by atoms with Crippen LogP contribution in [0, 0.1) is 0 Å². The van der Waals surface area contributed by atoms with Gasteiger partial charge < -0.3 is 9.15 Å². The topological polar surface area (TPSA) is 80.9 Å². The molecule has 1 amide bonds. The highest BCUT2D eigenvalue weighted by molar-refractivity contribution is 7.21. The maximum absolute atomic E-state index is 12.7. The second-order valence-corrected chi connectivity index (χ2v) is 8.48. The van der Waals surface area contributed by atoms with Crippen molar-refractivity contribution in [2.24, 2.45) is 5.10 Å². The summed E-state index contributed by atoms with van der Waals surface area (Å²) in [7, 11) is 0. The molecule has 0 fully saturated rings. The van der Waals surface area contributed by atoms with Crippen molar-refractivity contribution in [3.8, 4) is 5.75 Å². The van der Waals surface area contributed by atoms with E-state index in [-0.39, 0.29) is 5.76 Å². The number of nitrogens with zero attached hydrogens (tertiary/aromatic N) is 1. The first-order valence-corrected chi connectivity index (χ1v) is 11.1. The van der Waals surface area contributed by atoms with Crippen molar-refractivity contribution < 1.29 is 18.7 Å². The summed E-state index contributed by atoms with van der Waals surface area (Å²) in [4.78, 5) is 25.3. The molecule has 0 aliphatic rings. The standard InChI is InChI=1S/C25H15ClN2O4S/c26-22-18-9-2-4-11-21(18)33-23(22)25(30)31-17-8-5-6-15(12-17)14-27-28-24(29)20-13-16-7-1-3-10-19(16)32-20/h1-14H,(H,28,29)/b27-14-. The van der Waals surface area contributed by atoms with Gasteiger partial charge in [-0.2, -0.15) is 5.10 Å². The van der Waals surface area contributed by atoms with Crippen molar-refractivity contribution in [1.29, 1.82) is 0 Å². The number of fused-ring (bicyclic) bond motifs is 2. The Labute approximate surface area is 197 Å². The SMILES string of the molecule is O=C(N/N=C\c1cccc(OC(=O)c2sc3ccccc3c2Cl)c1)c1cc2ccccc2o1. The van der Waals surface area contributed by atoms with Gasteiger partial charge in [-0.1, -0.05) is 60.1 Å². The molecule has 0 aliphatic heterocycles. The van der Waals surface area contributed by atoms with Crippen LogP contribution in [0.3, 0.4) is 0 Å². The number of halogens is 1. The number of benzene rings is 3. The number of carbonyl (C=O) groups is 2. The number of nitrogens with one attached hydrogen (secondary N) is 1. The molecule has 3 aromatic carbocycles. The molecule has 2 aromatic heterocycles. The molecule has 0 aliphatic carbocycles. The van der Waals surface area contributed by atoms with Gasteiger partial charge in [0, 0.05) is 15.5 Å². The number of carbonyl (C=O) groups excluding carboxylic acids is 2. The number of rotatable bonds is 5. The van der Waals surface area contributed by atoms with E-state index in [0.29, 0.717) is 26.8 Å². The second kappa shape index (κ2) is 8.90. The van der Waals surface area contributed by atoms with Crippen LogP contribution in [0.4, 0.5) is 0 Å². The van der Waals surface area contributed by atoms with Crippen LogP contribution < -0.4 is 10.2 Å². The Hall–Kier alpha value is -3.94. The van der Waals surface area contributed by atoms with Gasteiger partial charge in [0.15, 0.2) is 5.76 Å². The van der Waals surface area contributed by atoms with E-state index in [1.807, 2.05) is 42.5 Å². The van der Waals surface area contributed by atoms with Gasteiger partial charge in [0.05, 0.1) is 11.2 Å². The maximum atomic E-state index is 12.7. The lowest BCUT2D eigenvalue weighted by molar-refractivity contribution is 0.0740. The lowest BCUT2D eigenvalue weighted by Crippen LogP contribution is -2.16. The molecule has 5 rings (SSSR count). The second-order valence-electron chi connectivity index (χ2n) is 7.05. The molecule has 2 heterocycles. The number of hydrogen-bond acceptors (Lipinski definition) is 6. The average molecular weight is 475 g/mol. The molecule has 0 radical (unpaired) electrons. The van der Waals surface area contributed by atoms with Gasteiger partial charge in [-0.3, -0.25) is 4.79 Å². The van der Waals surface area contributed by atoms with Crippen molar-refractivity contribution in [2.45, 2.75) is 0 Å². The maximum Gasteiger partial charge on any atom is 0.355 e. The minimum Gasteiger partial charge on any atom is -0.451 e. The van der Waals surface area contributed by atoms with E-state index in [4.69, 9.17) is 20.8 Å². The highest BCUT2D eigenvalue weighted by atomic mass is 35.5. The van der Waals surface area contributed by atoms with Crippen molar-refractivity contribution >= 4 is 62.1 Å². The van der Waals surface area contributed by atoms with Crippen molar-refractivity contribution in [3.63, 3.8) is 0 Å². The minimum absolute atomic E-state index is 0.163. The Morgan fingerprint density at radius 3 is 2.67 bits per heavy atom. The molecule has 1 N–H and O–H groups in total. The monoisotopic (exact) mass is 474 g/mol. The zero-order chi connectivity index (χ0) is 22.8. The van der Waals surface area contributed by atoms with E-state index in [9.17, 15) is 9.59 Å². The third-order valence-corrected chi connectivity index (χ3v) is 6.47. The van der Waals surface area contributed by atoms with E-state index < -0.39 is 11.9 Å². The summed E-state index contributed by atoms with van der Waals surface area (Å²) in [6.45, 7) is 0. The Morgan fingerprint density at radius 2 is 1.82 bits per heavy atom. The number of hydrogen-bond donors (Lipinski definition) is 1. The molecule has 33 heavy (non-hydrogen) atoms. The molecule has 8 heteroatoms. The van der Waals surface area contributed by atoms with E-state index in [1.54, 1.807) is 36.4 Å².